The van der Waals surface area contributed by atoms with Gasteiger partial charge in [-0.05, 0) is 35.4 Å². The largest absolute Gasteiger partial charge is 0.496 e. The van der Waals surface area contributed by atoms with Crippen LogP contribution in [-0.2, 0) is 50.8 Å². The number of rotatable bonds is 12. The molecule has 0 aliphatic heterocycles. The lowest BCUT2D eigenvalue weighted by molar-refractivity contribution is 0.173. The smallest absolute Gasteiger partial charge is 0.129 e. The van der Waals surface area contributed by atoms with E-state index in [4.69, 9.17) is 28.4 Å². The summed E-state index contributed by atoms with van der Waals surface area (Å²) < 4.78 is 33.1. The Morgan fingerprint density at radius 3 is 0.968 bits per heavy atom. The summed E-state index contributed by atoms with van der Waals surface area (Å²) in [5.41, 5.74) is 5.94. The number of methoxy groups -OCH3 is 6. The Morgan fingerprint density at radius 2 is 0.774 bits per heavy atom. The fourth-order valence-electron chi connectivity index (χ4n) is 3.97. The van der Waals surface area contributed by atoms with Crippen molar-refractivity contribution in [1.29, 1.82) is 0 Å². The highest BCUT2D eigenvalue weighted by Crippen LogP contribution is 2.39. The van der Waals surface area contributed by atoms with Crippen LogP contribution in [-0.4, -0.2) is 42.7 Å². The Hall–Kier alpha value is -2.12. The summed E-state index contributed by atoms with van der Waals surface area (Å²) in [5, 5.41) is 0. The highest BCUT2D eigenvalue weighted by molar-refractivity contribution is 5.52. The molecule has 0 amide bonds. The molecule has 31 heavy (non-hydrogen) atoms. The number of hydrogen-bond donors (Lipinski definition) is 0. The molecule has 0 unspecified atom stereocenters. The predicted molar refractivity (Wildman–Crippen MR) is 121 cm³/mol. The first-order valence-electron chi connectivity index (χ1n) is 10.2. The highest BCUT2D eigenvalue weighted by atomic mass is 16.5. The predicted octanol–water partition coefficient (Wildman–Crippen LogP) is 4.62. The molecule has 0 N–H and O–H groups in total. The number of benzene rings is 2. The van der Waals surface area contributed by atoms with Gasteiger partial charge in [-0.25, -0.2) is 0 Å². The second-order valence-corrected chi connectivity index (χ2v) is 8.01. The van der Waals surface area contributed by atoms with Crippen molar-refractivity contribution in [1.82, 2.24) is 0 Å². The van der Waals surface area contributed by atoms with Crippen LogP contribution in [0.25, 0.3) is 0 Å². The van der Waals surface area contributed by atoms with Crippen LogP contribution in [0.2, 0.25) is 0 Å². The van der Waals surface area contributed by atoms with Crippen LogP contribution in [0.15, 0.2) is 24.3 Å². The molecule has 0 aliphatic carbocycles. The van der Waals surface area contributed by atoms with Crippen molar-refractivity contribution in [3.63, 3.8) is 0 Å². The van der Waals surface area contributed by atoms with E-state index in [0.29, 0.717) is 26.4 Å². The third kappa shape index (κ3) is 5.57. The van der Waals surface area contributed by atoms with Crippen LogP contribution < -0.4 is 9.47 Å². The van der Waals surface area contributed by atoms with E-state index in [1.807, 2.05) is 0 Å². The van der Waals surface area contributed by atoms with E-state index in [-0.39, 0.29) is 5.41 Å². The summed E-state index contributed by atoms with van der Waals surface area (Å²) in [7, 11) is 10.1. The molecule has 0 saturated heterocycles. The normalized spacial score (nSPS) is 11.6. The van der Waals surface area contributed by atoms with Gasteiger partial charge in [0.2, 0.25) is 0 Å². The Balaban J connectivity index is 2.70. The van der Waals surface area contributed by atoms with Crippen LogP contribution in [0.4, 0.5) is 0 Å². The molecule has 0 spiro atoms. The SMILES string of the molecule is COCc1cc(C(C)(C)c2cc(COC)c(OC)c(COC)c2)cc(COC)c1OC. The van der Waals surface area contributed by atoms with Crippen molar-refractivity contribution in [2.45, 2.75) is 45.7 Å². The zero-order chi connectivity index (χ0) is 23.0. The molecule has 0 fully saturated rings. The third-order valence-corrected chi connectivity index (χ3v) is 5.54. The summed E-state index contributed by atoms with van der Waals surface area (Å²) in [6.45, 7) is 6.23. The lowest BCUT2D eigenvalue weighted by Gasteiger charge is -2.30. The van der Waals surface area contributed by atoms with Crippen molar-refractivity contribution < 1.29 is 28.4 Å². The monoisotopic (exact) mass is 432 g/mol. The minimum absolute atomic E-state index is 0.311. The highest BCUT2D eigenvalue weighted by Gasteiger charge is 2.28. The number of hydrogen-bond acceptors (Lipinski definition) is 6. The molecule has 2 aromatic carbocycles. The first-order valence-corrected chi connectivity index (χ1v) is 10.2. The zero-order valence-corrected chi connectivity index (χ0v) is 20.1. The van der Waals surface area contributed by atoms with Gasteiger partial charge in [0.1, 0.15) is 11.5 Å². The Morgan fingerprint density at radius 1 is 0.516 bits per heavy atom. The molecule has 0 aliphatic rings. The molecular weight excluding hydrogens is 396 g/mol. The van der Waals surface area contributed by atoms with Gasteiger partial charge in [-0.2, -0.15) is 0 Å². The maximum atomic E-state index is 5.68. The fraction of sp³-hybridized carbons (Fsp3) is 0.520. The Labute approximate surface area is 186 Å². The summed E-state index contributed by atoms with van der Waals surface area (Å²) in [4.78, 5) is 0. The van der Waals surface area contributed by atoms with Crippen molar-refractivity contribution in [2.75, 3.05) is 42.7 Å². The molecule has 0 heterocycles. The van der Waals surface area contributed by atoms with E-state index >= 15 is 0 Å². The van der Waals surface area contributed by atoms with Gasteiger partial charge in [-0.3, -0.25) is 0 Å². The maximum Gasteiger partial charge on any atom is 0.129 e. The van der Waals surface area contributed by atoms with E-state index in [9.17, 15) is 0 Å². The van der Waals surface area contributed by atoms with Crippen LogP contribution in [0, 0.1) is 0 Å². The third-order valence-electron chi connectivity index (χ3n) is 5.54. The minimum Gasteiger partial charge on any atom is -0.496 e. The maximum absolute atomic E-state index is 5.68. The van der Waals surface area contributed by atoms with Gasteiger partial charge in [-0.15, -0.1) is 0 Å². The van der Waals surface area contributed by atoms with E-state index < -0.39 is 0 Å². The molecular formula is C25H36O6. The first kappa shape index (κ1) is 25.1. The van der Waals surface area contributed by atoms with E-state index in [1.54, 1.807) is 42.7 Å². The van der Waals surface area contributed by atoms with Crippen LogP contribution >= 0.6 is 0 Å². The fourth-order valence-corrected chi connectivity index (χ4v) is 3.97. The molecule has 0 saturated carbocycles. The minimum atomic E-state index is -0.311. The molecule has 0 bridgehead atoms. The summed E-state index contributed by atoms with van der Waals surface area (Å²) in [6.07, 6.45) is 0. The lowest BCUT2D eigenvalue weighted by Crippen LogP contribution is -2.21. The van der Waals surface area contributed by atoms with Crippen molar-refractivity contribution in [3.8, 4) is 11.5 Å². The van der Waals surface area contributed by atoms with E-state index in [1.165, 1.54) is 0 Å². The van der Waals surface area contributed by atoms with E-state index in [2.05, 4.69) is 38.1 Å². The molecule has 6 heteroatoms. The number of ether oxygens (including phenoxy) is 6. The van der Waals surface area contributed by atoms with Gasteiger partial charge in [0.05, 0.1) is 40.6 Å². The molecule has 0 atom stereocenters. The van der Waals surface area contributed by atoms with Crippen LogP contribution in [0.1, 0.15) is 47.2 Å². The molecule has 2 aromatic rings. The van der Waals surface area contributed by atoms with Crippen molar-refractivity contribution in [2.24, 2.45) is 0 Å². The average Bonchev–Trinajstić information content (AvgIpc) is 2.74. The summed E-state index contributed by atoms with van der Waals surface area (Å²) >= 11 is 0. The Kier molecular flexibility index (Phi) is 9.32. The van der Waals surface area contributed by atoms with Crippen molar-refractivity contribution in [3.05, 3.63) is 57.6 Å². The van der Waals surface area contributed by atoms with Gasteiger partial charge in [0.25, 0.3) is 0 Å². The molecule has 0 radical (unpaired) electrons. The molecule has 2 rings (SSSR count). The van der Waals surface area contributed by atoms with Gasteiger partial charge in [0.15, 0.2) is 0 Å². The van der Waals surface area contributed by atoms with Crippen molar-refractivity contribution >= 4 is 0 Å². The molecule has 6 nitrogen and oxygen atoms in total. The summed E-state index contributed by atoms with van der Waals surface area (Å²) in [5.74, 6) is 1.61. The summed E-state index contributed by atoms with van der Waals surface area (Å²) in [6, 6.07) is 8.60. The van der Waals surface area contributed by atoms with Gasteiger partial charge >= 0.3 is 0 Å². The second-order valence-electron chi connectivity index (χ2n) is 8.01. The van der Waals surface area contributed by atoms with Crippen LogP contribution in [0.3, 0.4) is 0 Å². The second kappa shape index (κ2) is 11.5. The molecule has 0 aromatic heterocycles. The topological polar surface area (TPSA) is 55.4 Å². The quantitative estimate of drug-likeness (QED) is 0.488. The first-order chi connectivity index (χ1) is 14.9. The van der Waals surface area contributed by atoms with Gasteiger partial charge in [0, 0.05) is 56.1 Å². The Bertz CT molecular complexity index is 736. The molecule has 172 valence electrons. The van der Waals surface area contributed by atoms with Gasteiger partial charge < -0.3 is 28.4 Å². The van der Waals surface area contributed by atoms with E-state index in [0.717, 1.165) is 44.9 Å². The average molecular weight is 433 g/mol. The van der Waals surface area contributed by atoms with Crippen LogP contribution in [0.5, 0.6) is 11.5 Å². The zero-order valence-electron chi connectivity index (χ0n) is 20.1. The van der Waals surface area contributed by atoms with Gasteiger partial charge in [-0.1, -0.05) is 13.8 Å². The lowest BCUT2D eigenvalue weighted by atomic mass is 9.76. The standard InChI is InChI=1S/C25H36O6/c1-25(2,21-9-17(13-26-3)23(30-7)18(10-21)14-27-4)22-11-19(15-28-5)24(31-8)20(12-22)16-29-6/h9-12H,13-16H2,1-8H3.